The van der Waals surface area contributed by atoms with Gasteiger partial charge in [-0.05, 0) is 44.4 Å². The SMILES string of the molecule is C=CCCCOC(=O)[C@@H]1[C@H]2C(=O)N([C@@H](CO)C(C)C)C(C(=O)N(CC=C)C3CCCCC3)C23CC[C@H]1S3. The Hall–Kier alpha value is -1.80. The molecule has 4 aliphatic rings. The number of hydrogen-bond acceptors (Lipinski definition) is 6. The van der Waals surface area contributed by atoms with Crippen molar-refractivity contribution in [3.63, 3.8) is 0 Å². The molecule has 7 nitrogen and oxygen atoms in total. The van der Waals surface area contributed by atoms with Crippen LogP contribution in [0, 0.1) is 17.8 Å². The second-order valence-electron chi connectivity index (χ2n) is 11.5. The molecule has 37 heavy (non-hydrogen) atoms. The number of esters is 1. The number of unbranched alkanes of at least 4 members (excludes halogenated alkanes) is 1. The molecule has 2 unspecified atom stereocenters. The summed E-state index contributed by atoms with van der Waals surface area (Å²) in [6.07, 6.45) is 11.8. The molecule has 0 radical (unpaired) electrons. The maximum Gasteiger partial charge on any atom is 0.310 e. The van der Waals surface area contributed by atoms with E-state index in [0.717, 1.165) is 38.5 Å². The van der Waals surface area contributed by atoms with Gasteiger partial charge in [0, 0.05) is 17.8 Å². The monoisotopic (exact) mass is 532 g/mol. The van der Waals surface area contributed by atoms with E-state index in [1.54, 1.807) is 28.8 Å². The molecular weight excluding hydrogens is 488 g/mol. The first-order chi connectivity index (χ1) is 17.8. The second kappa shape index (κ2) is 11.9. The van der Waals surface area contributed by atoms with Crippen molar-refractivity contribution in [1.82, 2.24) is 9.80 Å². The average Bonchev–Trinajstić information content (AvgIpc) is 3.53. The first kappa shape index (κ1) is 28.2. The van der Waals surface area contributed by atoms with E-state index in [4.69, 9.17) is 4.74 Å². The highest BCUT2D eigenvalue weighted by atomic mass is 32.2. The Morgan fingerprint density at radius 1 is 1.22 bits per heavy atom. The number of amides is 2. The van der Waals surface area contributed by atoms with Gasteiger partial charge in [0.05, 0.1) is 35.8 Å². The molecule has 0 aromatic carbocycles. The average molecular weight is 533 g/mol. The minimum atomic E-state index is -0.694. The van der Waals surface area contributed by atoms with Crippen LogP contribution in [0.4, 0.5) is 0 Å². The van der Waals surface area contributed by atoms with Gasteiger partial charge in [-0.2, -0.15) is 0 Å². The van der Waals surface area contributed by atoms with Crippen molar-refractivity contribution in [1.29, 1.82) is 0 Å². The minimum absolute atomic E-state index is 0.0209. The Bertz CT molecular complexity index is 888. The van der Waals surface area contributed by atoms with E-state index in [2.05, 4.69) is 13.2 Å². The zero-order valence-electron chi connectivity index (χ0n) is 22.5. The fourth-order valence-corrected chi connectivity index (χ4v) is 9.41. The third kappa shape index (κ3) is 5.00. The van der Waals surface area contributed by atoms with E-state index in [-0.39, 0.29) is 41.6 Å². The highest BCUT2D eigenvalue weighted by molar-refractivity contribution is 8.02. The molecule has 3 heterocycles. The lowest BCUT2D eigenvalue weighted by atomic mass is 9.71. The van der Waals surface area contributed by atoms with Gasteiger partial charge in [-0.3, -0.25) is 14.4 Å². The maximum atomic E-state index is 14.5. The normalized spacial score (nSPS) is 31.9. The summed E-state index contributed by atoms with van der Waals surface area (Å²) in [7, 11) is 0. The summed E-state index contributed by atoms with van der Waals surface area (Å²) in [5.41, 5.74) is 0. The Morgan fingerprint density at radius 2 is 1.95 bits per heavy atom. The van der Waals surface area contributed by atoms with E-state index in [1.165, 1.54) is 6.42 Å². The predicted octanol–water partition coefficient (Wildman–Crippen LogP) is 3.95. The third-order valence-corrected chi connectivity index (χ3v) is 10.9. The summed E-state index contributed by atoms with van der Waals surface area (Å²) in [6.45, 7) is 12.1. The van der Waals surface area contributed by atoms with Crippen molar-refractivity contribution in [3.8, 4) is 0 Å². The molecule has 2 amide bonds. The van der Waals surface area contributed by atoms with Gasteiger partial charge in [-0.1, -0.05) is 45.3 Å². The van der Waals surface area contributed by atoms with Gasteiger partial charge in [-0.15, -0.1) is 24.9 Å². The van der Waals surface area contributed by atoms with Crippen LogP contribution in [0.3, 0.4) is 0 Å². The van der Waals surface area contributed by atoms with Crippen LogP contribution in [0.25, 0.3) is 0 Å². The fraction of sp³-hybridized carbons (Fsp3) is 0.759. The van der Waals surface area contributed by atoms with E-state index in [9.17, 15) is 19.5 Å². The van der Waals surface area contributed by atoms with Crippen molar-refractivity contribution in [2.75, 3.05) is 19.8 Å². The van der Waals surface area contributed by atoms with Crippen LogP contribution >= 0.6 is 11.8 Å². The largest absolute Gasteiger partial charge is 0.465 e. The summed E-state index contributed by atoms with van der Waals surface area (Å²) < 4.78 is 4.98. The molecule has 0 aromatic rings. The first-order valence-electron chi connectivity index (χ1n) is 14.1. The molecular formula is C29H44N2O5S. The molecule has 1 saturated carbocycles. The van der Waals surface area contributed by atoms with Crippen molar-refractivity contribution >= 4 is 29.5 Å². The molecule has 2 bridgehead atoms. The zero-order chi connectivity index (χ0) is 26.7. The highest BCUT2D eigenvalue weighted by Gasteiger charge is 2.75. The van der Waals surface area contributed by atoms with Crippen molar-refractivity contribution in [3.05, 3.63) is 25.3 Å². The molecule has 8 heteroatoms. The summed E-state index contributed by atoms with van der Waals surface area (Å²) >= 11 is 1.66. The van der Waals surface area contributed by atoms with Gasteiger partial charge < -0.3 is 19.6 Å². The van der Waals surface area contributed by atoms with E-state index in [1.807, 2.05) is 18.7 Å². The standard InChI is InChI=1S/C29H44N2O5S/c1-5-7-11-17-36-28(35)23-22-14-15-29(37-22)24(23)26(33)31(21(18-32)19(3)4)25(29)27(34)30(16-6-2)20-12-9-8-10-13-20/h5-6,19-25,32H,1-2,7-18H2,3-4H3/t21-,22+,23-,24-,25?,29?/m0/s1. The number of likely N-dealkylation sites (tertiary alicyclic amines) is 1. The number of aliphatic hydroxyl groups is 1. The molecule has 3 saturated heterocycles. The molecule has 3 aliphatic heterocycles. The third-order valence-electron chi connectivity index (χ3n) is 8.98. The summed E-state index contributed by atoms with van der Waals surface area (Å²) in [5.74, 6) is -1.72. The maximum absolute atomic E-state index is 14.5. The number of fused-ring (bicyclic) bond motifs is 1. The molecule has 1 aliphatic carbocycles. The zero-order valence-corrected chi connectivity index (χ0v) is 23.3. The van der Waals surface area contributed by atoms with Gasteiger partial charge in [0.2, 0.25) is 11.8 Å². The number of nitrogens with zero attached hydrogens (tertiary/aromatic N) is 2. The molecule has 1 spiro atoms. The number of rotatable bonds is 12. The topological polar surface area (TPSA) is 87.1 Å². The van der Waals surface area contributed by atoms with Crippen LogP contribution < -0.4 is 0 Å². The van der Waals surface area contributed by atoms with E-state index < -0.39 is 28.7 Å². The smallest absolute Gasteiger partial charge is 0.310 e. The number of carbonyl (C=O) groups is 3. The van der Waals surface area contributed by atoms with Crippen LogP contribution in [0.1, 0.15) is 71.6 Å². The van der Waals surface area contributed by atoms with Crippen LogP contribution in [0.15, 0.2) is 25.3 Å². The second-order valence-corrected chi connectivity index (χ2v) is 13.1. The molecule has 1 N–H and O–H groups in total. The lowest BCUT2D eigenvalue weighted by Gasteiger charge is -2.43. The summed E-state index contributed by atoms with van der Waals surface area (Å²) in [4.78, 5) is 45.7. The molecule has 0 aromatic heterocycles. The number of thioether (sulfide) groups is 1. The fourth-order valence-electron chi connectivity index (χ4n) is 7.22. The molecule has 4 fully saturated rings. The quantitative estimate of drug-likeness (QED) is 0.233. The summed E-state index contributed by atoms with van der Waals surface area (Å²) in [6, 6.07) is -1.05. The highest BCUT2D eigenvalue weighted by Crippen LogP contribution is 2.67. The van der Waals surface area contributed by atoms with Gasteiger partial charge in [0.1, 0.15) is 6.04 Å². The number of allylic oxidation sites excluding steroid dienone is 1. The van der Waals surface area contributed by atoms with Gasteiger partial charge >= 0.3 is 5.97 Å². The van der Waals surface area contributed by atoms with Crippen LogP contribution in [0.2, 0.25) is 0 Å². The number of carbonyl (C=O) groups excluding carboxylic acids is 3. The van der Waals surface area contributed by atoms with Crippen molar-refractivity contribution in [2.24, 2.45) is 17.8 Å². The van der Waals surface area contributed by atoms with Crippen LogP contribution in [0.5, 0.6) is 0 Å². The van der Waals surface area contributed by atoms with E-state index in [0.29, 0.717) is 26.0 Å². The number of hydrogen-bond donors (Lipinski definition) is 1. The molecule has 6 atom stereocenters. The summed E-state index contributed by atoms with van der Waals surface area (Å²) in [5, 5.41) is 10.4. The Balaban J connectivity index is 1.70. The molecule has 206 valence electrons. The number of ether oxygens (including phenoxy) is 1. The number of aliphatic hydroxyl groups excluding tert-OH is 1. The predicted molar refractivity (Wildman–Crippen MR) is 146 cm³/mol. The Labute approximate surface area is 226 Å². The van der Waals surface area contributed by atoms with Gasteiger partial charge in [-0.25, -0.2) is 0 Å². The first-order valence-corrected chi connectivity index (χ1v) is 15.0. The van der Waals surface area contributed by atoms with Crippen molar-refractivity contribution < 1.29 is 24.2 Å². The van der Waals surface area contributed by atoms with Crippen molar-refractivity contribution in [2.45, 2.75) is 99.8 Å². The lowest BCUT2D eigenvalue weighted by Crippen LogP contribution is -2.60. The lowest BCUT2D eigenvalue weighted by molar-refractivity contribution is -0.155. The van der Waals surface area contributed by atoms with Gasteiger partial charge in [0.15, 0.2) is 0 Å². The minimum Gasteiger partial charge on any atom is -0.465 e. The van der Waals surface area contributed by atoms with Gasteiger partial charge in [0.25, 0.3) is 0 Å². The molecule has 4 rings (SSSR count). The Morgan fingerprint density at radius 3 is 2.57 bits per heavy atom. The van der Waals surface area contributed by atoms with E-state index >= 15 is 0 Å². The Kier molecular flexibility index (Phi) is 9.10. The van der Waals surface area contributed by atoms with Crippen LogP contribution in [-0.2, 0) is 19.1 Å². The van der Waals surface area contributed by atoms with Crippen LogP contribution in [-0.4, -0.2) is 80.6 Å².